The third-order valence-electron chi connectivity index (χ3n) is 2.90. The van der Waals surface area contributed by atoms with Gasteiger partial charge in [-0.2, -0.15) is 0 Å². The second-order valence-corrected chi connectivity index (χ2v) is 4.54. The molecule has 0 atom stereocenters. The first-order valence-electron chi connectivity index (χ1n) is 6.39. The maximum Gasteiger partial charge on any atom is 0.319 e. The van der Waals surface area contributed by atoms with Gasteiger partial charge in [-0.15, -0.1) is 0 Å². The van der Waals surface area contributed by atoms with Crippen molar-refractivity contribution in [3.8, 4) is 0 Å². The van der Waals surface area contributed by atoms with E-state index in [0.717, 1.165) is 11.1 Å². The van der Waals surface area contributed by atoms with Crippen LogP contribution < -0.4 is 16.1 Å². The van der Waals surface area contributed by atoms with E-state index in [-0.39, 0.29) is 17.7 Å². The molecule has 1 aromatic heterocycles. The number of aliphatic hydroxyl groups is 1. The molecule has 0 radical (unpaired) electrons. The molecule has 0 aliphatic carbocycles. The van der Waals surface area contributed by atoms with Crippen molar-refractivity contribution in [3.63, 3.8) is 0 Å². The van der Waals surface area contributed by atoms with Crippen molar-refractivity contribution >= 4 is 22.6 Å². The number of urea groups is 1. The summed E-state index contributed by atoms with van der Waals surface area (Å²) in [6.45, 7) is 2.27. The van der Waals surface area contributed by atoms with Gasteiger partial charge in [0.1, 0.15) is 5.69 Å². The van der Waals surface area contributed by atoms with E-state index in [1.807, 2.05) is 19.1 Å². The first-order valence-corrected chi connectivity index (χ1v) is 6.39. The van der Waals surface area contributed by atoms with Crippen LogP contribution >= 0.6 is 0 Å². The number of rotatable bonds is 4. The van der Waals surface area contributed by atoms with Crippen LogP contribution in [0.2, 0.25) is 0 Å². The topological polar surface area (TPSA) is 94.2 Å². The Labute approximate surface area is 115 Å². The van der Waals surface area contributed by atoms with Gasteiger partial charge in [0.25, 0.3) is 0 Å². The molecule has 0 spiro atoms. The fourth-order valence-corrected chi connectivity index (χ4v) is 1.87. The molecule has 0 aliphatic heterocycles. The normalized spacial score (nSPS) is 10.5. The number of anilines is 1. The number of aryl methyl sites for hydroxylation is 1. The second kappa shape index (κ2) is 6.21. The van der Waals surface area contributed by atoms with E-state index in [2.05, 4.69) is 15.6 Å². The number of hydrogen-bond acceptors (Lipinski definition) is 3. The molecule has 2 amide bonds. The van der Waals surface area contributed by atoms with E-state index in [4.69, 9.17) is 5.11 Å². The van der Waals surface area contributed by atoms with Gasteiger partial charge in [-0.05, 0) is 25.5 Å². The van der Waals surface area contributed by atoms with E-state index < -0.39 is 6.03 Å². The molecule has 0 saturated heterocycles. The van der Waals surface area contributed by atoms with Crippen LogP contribution in [0.15, 0.2) is 29.2 Å². The van der Waals surface area contributed by atoms with E-state index in [1.54, 1.807) is 6.07 Å². The Morgan fingerprint density at radius 2 is 2.20 bits per heavy atom. The van der Waals surface area contributed by atoms with Gasteiger partial charge in [0.05, 0.1) is 0 Å². The first-order chi connectivity index (χ1) is 9.61. The molecule has 106 valence electrons. The highest BCUT2D eigenvalue weighted by molar-refractivity contribution is 5.91. The molecule has 0 fully saturated rings. The fraction of sp³-hybridized carbons (Fsp3) is 0.286. The molecule has 6 heteroatoms. The molecule has 2 aromatic rings. The van der Waals surface area contributed by atoms with E-state index >= 15 is 0 Å². The zero-order chi connectivity index (χ0) is 14.5. The molecule has 1 heterocycles. The summed E-state index contributed by atoms with van der Waals surface area (Å²) in [7, 11) is 0. The summed E-state index contributed by atoms with van der Waals surface area (Å²) in [4.78, 5) is 26.8. The number of carbonyl (C=O) groups excluding carboxylic acids is 1. The Hall–Kier alpha value is -2.34. The quantitative estimate of drug-likeness (QED) is 0.634. The predicted molar refractivity (Wildman–Crippen MR) is 78.0 cm³/mol. The van der Waals surface area contributed by atoms with Crippen LogP contribution in [-0.4, -0.2) is 29.3 Å². The van der Waals surface area contributed by atoms with Crippen LogP contribution in [0.1, 0.15) is 12.0 Å². The fourth-order valence-electron chi connectivity index (χ4n) is 1.87. The number of hydrogen-bond donors (Lipinski definition) is 4. The Morgan fingerprint density at radius 1 is 1.40 bits per heavy atom. The lowest BCUT2D eigenvalue weighted by molar-refractivity contribution is 0.249. The Morgan fingerprint density at radius 3 is 2.95 bits per heavy atom. The third kappa shape index (κ3) is 3.16. The van der Waals surface area contributed by atoms with Crippen molar-refractivity contribution < 1.29 is 9.90 Å². The van der Waals surface area contributed by atoms with Gasteiger partial charge in [0.15, 0.2) is 0 Å². The summed E-state index contributed by atoms with van der Waals surface area (Å²) in [5.41, 5.74) is 1.68. The number of aromatic nitrogens is 1. The Bertz CT molecular complexity index is 679. The van der Waals surface area contributed by atoms with Gasteiger partial charge in [-0.3, -0.25) is 4.79 Å². The number of pyridine rings is 1. The number of amides is 2. The van der Waals surface area contributed by atoms with Crippen LogP contribution in [0.3, 0.4) is 0 Å². The van der Waals surface area contributed by atoms with Crippen LogP contribution in [0, 0.1) is 6.92 Å². The van der Waals surface area contributed by atoms with Crippen molar-refractivity contribution in [2.45, 2.75) is 13.3 Å². The number of aromatic amines is 1. The van der Waals surface area contributed by atoms with Crippen LogP contribution in [0.5, 0.6) is 0 Å². The number of fused-ring (bicyclic) bond motifs is 1. The molecule has 0 bridgehead atoms. The number of H-pyrrole nitrogens is 1. The summed E-state index contributed by atoms with van der Waals surface area (Å²) in [6.07, 6.45) is 1.95. The zero-order valence-electron chi connectivity index (χ0n) is 11.2. The standard InChI is InChI=1S/C14H17N3O3/c1-9-3-4-11-10(7-9)13(19)12(8-16-11)17-14(20)15-5-2-6-18/h3-4,7-8,18H,2,5-6H2,1H3,(H,16,19)(H2,15,17,20). The average molecular weight is 275 g/mol. The molecule has 1 aromatic carbocycles. The molecule has 20 heavy (non-hydrogen) atoms. The van der Waals surface area contributed by atoms with Crippen molar-refractivity contribution in [1.29, 1.82) is 0 Å². The lowest BCUT2D eigenvalue weighted by atomic mass is 10.1. The highest BCUT2D eigenvalue weighted by Gasteiger charge is 2.08. The summed E-state index contributed by atoms with van der Waals surface area (Å²) in [6, 6.07) is 5.06. The van der Waals surface area contributed by atoms with Gasteiger partial charge in [0.2, 0.25) is 5.43 Å². The number of benzene rings is 1. The molecule has 0 aliphatic rings. The molecule has 0 unspecified atom stereocenters. The molecule has 4 N–H and O–H groups in total. The van der Waals surface area contributed by atoms with Crippen molar-refractivity contribution in [2.75, 3.05) is 18.5 Å². The lowest BCUT2D eigenvalue weighted by Crippen LogP contribution is -2.31. The third-order valence-corrected chi connectivity index (χ3v) is 2.90. The van der Waals surface area contributed by atoms with Gasteiger partial charge >= 0.3 is 6.03 Å². The van der Waals surface area contributed by atoms with Crippen molar-refractivity contribution in [3.05, 3.63) is 40.2 Å². The summed E-state index contributed by atoms with van der Waals surface area (Å²) in [5.74, 6) is 0. The number of aliphatic hydroxyl groups excluding tert-OH is 1. The highest BCUT2D eigenvalue weighted by Crippen LogP contribution is 2.12. The number of carbonyl (C=O) groups is 1. The van der Waals surface area contributed by atoms with Crippen LogP contribution in [0.4, 0.5) is 10.5 Å². The summed E-state index contributed by atoms with van der Waals surface area (Å²) in [5, 5.41) is 14.2. The maximum absolute atomic E-state index is 12.2. The van der Waals surface area contributed by atoms with Crippen LogP contribution in [0.25, 0.3) is 10.9 Å². The monoisotopic (exact) mass is 275 g/mol. The molecule has 2 rings (SSSR count). The minimum Gasteiger partial charge on any atom is -0.396 e. The minimum absolute atomic E-state index is 0.0100. The Balaban J connectivity index is 2.21. The summed E-state index contributed by atoms with van der Waals surface area (Å²) < 4.78 is 0. The predicted octanol–water partition coefficient (Wildman–Crippen LogP) is 1.34. The largest absolute Gasteiger partial charge is 0.396 e. The van der Waals surface area contributed by atoms with Gasteiger partial charge < -0.3 is 20.7 Å². The van der Waals surface area contributed by atoms with Crippen molar-refractivity contribution in [1.82, 2.24) is 10.3 Å². The zero-order valence-corrected chi connectivity index (χ0v) is 11.2. The Kier molecular flexibility index (Phi) is 4.37. The van der Waals surface area contributed by atoms with Gasteiger partial charge in [-0.1, -0.05) is 11.6 Å². The SMILES string of the molecule is Cc1ccc2[nH]cc(NC(=O)NCCCO)c(=O)c2c1. The molecular weight excluding hydrogens is 258 g/mol. The maximum atomic E-state index is 12.2. The average Bonchev–Trinajstić information content (AvgIpc) is 2.43. The molecular formula is C14H17N3O3. The highest BCUT2D eigenvalue weighted by atomic mass is 16.3. The number of nitrogens with one attached hydrogen (secondary N) is 3. The smallest absolute Gasteiger partial charge is 0.319 e. The van der Waals surface area contributed by atoms with E-state index in [9.17, 15) is 9.59 Å². The van der Waals surface area contributed by atoms with Gasteiger partial charge in [0, 0.05) is 30.3 Å². The molecule has 6 nitrogen and oxygen atoms in total. The van der Waals surface area contributed by atoms with E-state index in [0.29, 0.717) is 18.4 Å². The van der Waals surface area contributed by atoms with Crippen LogP contribution in [-0.2, 0) is 0 Å². The first kappa shape index (κ1) is 14.1. The second-order valence-electron chi connectivity index (χ2n) is 4.54. The minimum atomic E-state index is -0.462. The lowest BCUT2D eigenvalue weighted by Gasteiger charge is -2.07. The van der Waals surface area contributed by atoms with E-state index in [1.165, 1.54) is 6.20 Å². The molecule has 0 saturated carbocycles. The summed E-state index contributed by atoms with van der Waals surface area (Å²) >= 11 is 0. The van der Waals surface area contributed by atoms with Gasteiger partial charge in [-0.25, -0.2) is 4.79 Å². The van der Waals surface area contributed by atoms with Crippen molar-refractivity contribution in [2.24, 2.45) is 0 Å².